The molecule has 170 valence electrons. The molecule has 0 spiro atoms. The Morgan fingerprint density at radius 2 is 1.94 bits per heavy atom. The summed E-state index contributed by atoms with van der Waals surface area (Å²) in [5.41, 5.74) is 0.0572. The predicted molar refractivity (Wildman–Crippen MR) is 116 cm³/mol. The third-order valence-corrected chi connectivity index (χ3v) is 7.47. The van der Waals surface area contributed by atoms with Gasteiger partial charge < -0.3 is 14.1 Å². The lowest BCUT2D eigenvalue weighted by atomic mass is 9.72. The van der Waals surface area contributed by atoms with E-state index in [0.29, 0.717) is 17.7 Å². The summed E-state index contributed by atoms with van der Waals surface area (Å²) >= 11 is 6.24. The van der Waals surface area contributed by atoms with Gasteiger partial charge in [-0.15, -0.1) is 0 Å². The second-order valence-corrected chi connectivity index (χ2v) is 10.6. The lowest BCUT2D eigenvalue weighted by Crippen LogP contribution is -2.59. The van der Waals surface area contributed by atoms with Crippen LogP contribution < -0.4 is 0 Å². The summed E-state index contributed by atoms with van der Waals surface area (Å²) < 4.78 is 54.2. The number of amidine groups is 1. The maximum absolute atomic E-state index is 14.5. The van der Waals surface area contributed by atoms with Crippen molar-refractivity contribution in [3.8, 4) is 6.07 Å². The number of nitrogens with zero attached hydrogens (tertiary/aromatic N) is 3. The normalized spacial score (nSPS) is 29.2. The van der Waals surface area contributed by atoms with Crippen LogP contribution in [-0.4, -0.2) is 45.0 Å². The summed E-state index contributed by atoms with van der Waals surface area (Å²) in [6, 6.07) is 3.82. The number of aliphatic imine (C=N–C) groups is 1. The molecule has 3 rings (SSSR count). The van der Waals surface area contributed by atoms with Crippen LogP contribution in [0.25, 0.3) is 0 Å². The second kappa shape index (κ2) is 7.39. The third-order valence-electron chi connectivity index (χ3n) is 6.37. The highest BCUT2D eigenvalue weighted by Gasteiger charge is 2.75. The summed E-state index contributed by atoms with van der Waals surface area (Å²) in [5.74, 6) is -3.13. The predicted octanol–water partition coefficient (Wildman–Crippen LogP) is 4.61. The van der Waals surface area contributed by atoms with Crippen LogP contribution in [0.15, 0.2) is 17.1 Å². The highest BCUT2D eigenvalue weighted by atomic mass is 35.5. The van der Waals surface area contributed by atoms with Crippen LogP contribution in [0.2, 0.25) is 5.02 Å². The van der Waals surface area contributed by atoms with Gasteiger partial charge >= 0.3 is 12.0 Å². The Kier molecular flexibility index (Phi) is 5.70. The van der Waals surface area contributed by atoms with E-state index in [0.717, 1.165) is 0 Å². The number of rotatable bonds is 2. The molecule has 5 nitrogen and oxygen atoms in total. The Bertz CT molecular complexity index is 968. The SMILES string of the molecule is Cc1c(N=C2O[C@@](O[SiH3])(C(F)(F)F)[C@H]3[C@@H](C(C)(C)C)CC(C)(C)N23)ccc(C#N)c1Cl. The number of alkyl halides is 3. The molecule has 0 N–H and O–H groups in total. The van der Waals surface area contributed by atoms with E-state index in [1.54, 1.807) is 17.9 Å². The fraction of sp³-hybridized carbons (Fsp3) is 0.619. The number of benzene rings is 1. The van der Waals surface area contributed by atoms with Crippen LogP contribution in [0.5, 0.6) is 0 Å². The summed E-state index contributed by atoms with van der Waals surface area (Å²) in [6.07, 6.45) is -4.23. The van der Waals surface area contributed by atoms with E-state index >= 15 is 0 Å². The van der Waals surface area contributed by atoms with Crippen LogP contribution in [0.4, 0.5) is 18.9 Å². The van der Waals surface area contributed by atoms with E-state index < -0.39 is 29.0 Å². The molecule has 2 saturated heterocycles. The molecule has 2 heterocycles. The highest BCUT2D eigenvalue weighted by Crippen LogP contribution is 2.58. The molecule has 0 saturated carbocycles. The fourth-order valence-electron chi connectivity index (χ4n) is 4.71. The zero-order chi connectivity index (χ0) is 23.6. The average molecular weight is 474 g/mol. The molecule has 2 aliphatic rings. The third kappa shape index (κ3) is 3.62. The molecule has 0 aliphatic carbocycles. The fourth-order valence-corrected chi connectivity index (χ4v) is 5.47. The van der Waals surface area contributed by atoms with E-state index in [1.807, 2.05) is 40.7 Å². The summed E-state index contributed by atoms with van der Waals surface area (Å²) in [5, 5.41) is 9.38. The Hall–Kier alpha value is -1.76. The lowest BCUT2D eigenvalue weighted by molar-refractivity contribution is -0.333. The molecule has 0 unspecified atom stereocenters. The van der Waals surface area contributed by atoms with E-state index in [1.165, 1.54) is 6.07 Å². The summed E-state index contributed by atoms with van der Waals surface area (Å²) in [7, 11) is -0.164. The molecule has 10 heteroatoms. The van der Waals surface area contributed by atoms with Gasteiger partial charge in [0.25, 0.3) is 6.02 Å². The number of nitriles is 1. The highest BCUT2D eigenvalue weighted by molar-refractivity contribution is 6.32. The largest absolute Gasteiger partial charge is 0.456 e. The monoisotopic (exact) mass is 473 g/mol. The molecule has 2 fully saturated rings. The maximum atomic E-state index is 14.5. The van der Waals surface area contributed by atoms with Crippen molar-refractivity contribution < 1.29 is 22.3 Å². The van der Waals surface area contributed by atoms with E-state index in [-0.39, 0.29) is 33.0 Å². The minimum Gasteiger partial charge on any atom is -0.421 e. The number of ether oxygens (including phenoxy) is 1. The molecule has 1 aromatic carbocycles. The zero-order valence-electron chi connectivity index (χ0n) is 18.7. The summed E-state index contributed by atoms with van der Waals surface area (Å²) in [4.78, 5) is 6.09. The lowest BCUT2D eigenvalue weighted by Gasteiger charge is -2.40. The minimum absolute atomic E-state index is 0.140. The van der Waals surface area contributed by atoms with Crippen molar-refractivity contribution in [2.24, 2.45) is 16.3 Å². The molecule has 31 heavy (non-hydrogen) atoms. The molecular formula is C21H27ClF3N3O2Si. The molecule has 0 radical (unpaired) electrons. The molecule has 0 aromatic heterocycles. The zero-order valence-corrected chi connectivity index (χ0v) is 21.4. The van der Waals surface area contributed by atoms with Crippen LogP contribution in [0, 0.1) is 29.6 Å². The smallest absolute Gasteiger partial charge is 0.421 e. The number of halogens is 4. The number of hydrogen-bond donors (Lipinski definition) is 0. The Morgan fingerprint density at radius 3 is 2.42 bits per heavy atom. The maximum Gasteiger partial charge on any atom is 0.456 e. The van der Waals surface area contributed by atoms with Crippen LogP contribution in [0.1, 0.15) is 52.2 Å². The van der Waals surface area contributed by atoms with Crippen molar-refractivity contribution in [1.82, 2.24) is 4.90 Å². The van der Waals surface area contributed by atoms with Gasteiger partial charge in [-0.3, -0.25) is 0 Å². The average Bonchev–Trinajstić information content (AvgIpc) is 3.13. The van der Waals surface area contributed by atoms with Gasteiger partial charge in [0.1, 0.15) is 12.1 Å². The Labute approximate surface area is 188 Å². The molecule has 1 aromatic rings. The van der Waals surface area contributed by atoms with Gasteiger partial charge in [-0.25, -0.2) is 0 Å². The first-order valence-electron chi connectivity index (χ1n) is 9.99. The molecule has 0 bridgehead atoms. The quantitative estimate of drug-likeness (QED) is 0.588. The van der Waals surface area contributed by atoms with Gasteiger partial charge in [0.05, 0.1) is 16.3 Å². The number of hydrogen-bond acceptors (Lipinski definition) is 4. The van der Waals surface area contributed by atoms with Crippen molar-refractivity contribution in [2.75, 3.05) is 0 Å². The van der Waals surface area contributed by atoms with Crippen molar-refractivity contribution in [3.05, 3.63) is 28.3 Å². The molecule has 2 aliphatic heterocycles. The molecule has 0 amide bonds. The second-order valence-electron chi connectivity index (χ2n) is 9.85. The molecule has 3 atom stereocenters. The van der Waals surface area contributed by atoms with Crippen molar-refractivity contribution >= 4 is 33.8 Å². The Morgan fingerprint density at radius 1 is 1.32 bits per heavy atom. The molecular weight excluding hydrogens is 447 g/mol. The van der Waals surface area contributed by atoms with E-state index in [2.05, 4.69) is 4.99 Å². The van der Waals surface area contributed by atoms with Crippen LogP contribution >= 0.6 is 11.6 Å². The van der Waals surface area contributed by atoms with Gasteiger partial charge in [-0.05, 0) is 56.2 Å². The van der Waals surface area contributed by atoms with Gasteiger partial charge in [0.2, 0.25) is 0 Å². The van der Waals surface area contributed by atoms with Crippen molar-refractivity contribution in [2.45, 2.75) is 71.5 Å². The minimum atomic E-state index is -4.75. The topological polar surface area (TPSA) is 57.9 Å². The van der Waals surface area contributed by atoms with E-state index in [4.69, 9.17) is 26.0 Å². The van der Waals surface area contributed by atoms with Gasteiger partial charge in [0.15, 0.2) is 10.5 Å². The van der Waals surface area contributed by atoms with Crippen molar-refractivity contribution in [3.63, 3.8) is 0 Å². The first-order valence-corrected chi connectivity index (χ1v) is 11.2. The van der Waals surface area contributed by atoms with Crippen LogP contribution in [0.3, 0.4) is 0 Å². The first-order chi connectivity index (χ1) is 14.1. The number of fused-ring (bicyclic) bond motifs is 1. The van der Waals surface area contributed by atoms with Crippen LogP contribution in [-0.2, 0) is 9.16 Å². The summed E-state index contributed by atoms with van der Waals surface area (Å²) in [6.45, 7) is 11.3. The standard InChI is InChI=1S/C21H27ClF3N3O2Si/c1-11-14(8-7-12(10-26)15(11)22)27-17-28-16(20(29-17,30-31)21(23,24)25)13(18(2,3)4)9-19(28,5)6/h7-8,13,16H,9H2,1-6,31H3/t13-,16+,20-/m0/s1. The van der Waals surface area contributed by atoms with E-state index in [9.17, 15) is 13.2 Å². The van der Waals surface area contributed by atoms with Gasteiger partial charge in [-0.1, -0.05) is 32.4 Å². The van der Waals surface area contributed by atoms with Gasteiger partial charge in [0, 0.05) is 5.54 Å². The first kappa shape index (κ1) is 23.9. The van der Waals surface area contributed by atoms with Crippen molar-refractivity contribution in [1.29, 1.82) is 5.26 Å². The Balaban J connectivity index is 2.24. The van der Waals surface area contributed by atoms with Gasteiger partial charge in [-0.2, -0.15) is 23.4 Å².